The van der Waals surface area contributed by atoms with Crippen LogP contribution in [0.15, 0.2) is 0 Å². The molecule has 0 amide bonds. The smallest absolute Gasteiger partial charge is 0.309 e. The van der Waals surface area contributed by atoms with Gasteiger partial charge >= 0.3 is 23.9 Å². The summed E-state index contributed by atoms with van der Waals surface area (Å²) in [5, 5.41) is 0. The maximum absolute atomic E-state index is 12.3. The first kappa shape index (κ1) is 68.7. The van der Waals surface area contributed by atoms with Crippen molar-refractivity contribution in [1.29, 1.82) is 0 Å². The summed E-state index contributed by atoms with van der Waals surface area (Å²) in [6, 6.07) is 0. The molecule has 0 aromatic carbocycles. The van der Waals surface area contributed by atoms with E-state index in [-0.39, 0.29) is 99.2 Å². The van der Waals surface area contributed by atoms with Gasteiger partial charge in [-0.2, -0.15) is 0 Å². The monoisotopic (exact) mass is 1070 g/mol. The Labute approximate surface area is 461 Å². The van der Waals surface area contributed by atoms with Crippen LogP contribution in [0.1, 0.15) is 254 Å². The zero-order valence-electron chi connectivity index (χ0n) is 51.5. The number of hydrogen-bond acceptors (Lipinski definition) is 12. The Bertz CT molecular complexity index is 1900. The standard InChI is InChI=1S/C15H22O3.C14H22O3.C11H18O3.C10H14O2.C8H16O.3C2H6/c1-4-15(2,3)12(16)7-9-8-5-10-11(6-8)14(17)18-13(9)10;1-4-14(2,3)12(15)8-9-5-6-10-7-11(9)17-13(10)16;1-4-11(2,3)9(12)7-8-5-6-14-10(8)13;11-10-8-2-6-1-7(3-8)5-9(4-6)12-10;1-5-7(9)8(3,4)6-2;3*1-2/h8-11,13H,4-7H2,1-3H3;9-11H,4-8H2,1-3H3;8H,4-7H2,1-3H3;6-9H,1-5H2;5-6H2,1-4H3;3*1-2H3. The van der Waals surface area contributed by atoms with Gasteiger partial charge in [0.05, 0.1) is 30.3 Å². The summed E-state index contributed by atoms with van der Waals surface area (Å²) in [6.07, 6.45) is 17.4. The number of esters is 4. The number of carbonyl (C=O) groups excluding carboxylic acids is 8. The van der Waals surface area contributed by atoms with E-state index >= 15 is 0 Å². The van der Waals surface area contributed by atoms with Crippen molar-refractivity contribution >= 4 is 47.0 Å². The van der Waals surface area contributed by atoms with Crippen LogP contribution in [0.5, 0.6) is 0 Å². The highest BCUT2D eigenvalue weighted by Gasteiger charge is 2.62. The second-order valence-corrected chi connectivity index (χ2v) is 25.2. The first-order valence-corrected chi connectivity index (χ1v) is 30.6. The number of carbonyl (C=O) groups is 8. The maximum Gasteiger partial charge on any atom is 0.309 e. The van der Waals surface area contributed by atoms with Gasteiger partial charge in [-0.05, 0) is 114 Å². The summed E-state index contributed by atoms with van der Waals surface area (Å²) in [6.45, 7) is 38.4. The lowest BCUT2D eigenvalue weighted by Crippen LogP contribution is -2.33. The summed E-state index contributed by atoms with van der Waals surface area (Å²) in [5.41, 5.74) is -0.860. The molecule has 12 nitrogen and oxygen atoms in total. The van der Waals surface area contributed by atoms with Crippen molar-refractivity contribution in [2.24, 2.45) is 80.8 Å². The Morgan fingerprint density at radius 2 is 0.961 bits per heavy atom. The third kappa shape index (κ3) is 18.0. The van der Waals surface area contributed by atoms with Gasteiger partial charge in [-0.15, -0.1) is 0 Å². The molecule has 0 spiro atoms. The van der Waals surface area contributed by atoms with E-state index < -0.39 is 0 Å². The zero-order valence-corrected chi connectivity index (χ0v) is 51.5. The van der Waals surface area contributed by atoms with Gasteiger partial charge in [0, 0.05) is 65.1 Å². The van der Waals surface area contributed by atoms with E-state index in [0.29, 0.717) is 73.8 Å². The highest BCUT2D eigenvalue weighted by atomic mass is 16.6. The summed E-state index contributed by atoms with van der Waals surface area (Å²) in [5.74, 6) is 4.53. The number of ether oxygens (including phenoxy) is 4. The number of cyclic esters (lactones) is 1. The molecule has 12 heteroatoms. The molecule has 10 aliphatic rings. The Hall–Kier alpha value is -3.44. The van der Waals surface area contributed by atoms with Gasteiger partial charge in [-0.1, -0.05) is 132 Å². The van der Waals surface area contributed by atoms with Gasteiger partial charge in [0.25, 0.3) is 0 Å². The van der Waals surface area contributed by atoms with E-state index in [1.54, 1.807) is 0 Å². The highest BCUT2D eigenvalue weighted by molar-refractivity contribution is 5.89. The van der Waals surface area contributed by atoms with Gasteiger partial charge in [-0.3, -0.25) is 38.4 Å². The van der Waals surface area contributed by atoms with Crippen LogP contribution in [0.3, 0.4) is 0 Å². The predicted molar refractivity (Wildman–Crippen MR) is 301 cm³/mol. The lowest BCUT2D eigenvalue weighted by molar-refractivity contribution is -0.151. The molecule has 5 saturated carbocycles. The lowest BCUT2D eigenvalue weighted by atomic mass is 9.68. The van der Waals surface area contributed by atoms with Crippen LogP contribution < -0.4 is 0 Å². The number of ketones is 4. The predicted octanol–water partition coefficient (Wildman–Crippen LogP) is 14.5. The molecule has 5 saturated heterocycles. The molecule has 5 aliphatic heterocycles. The average molecular weight is 1070 g/mol. The van der Waals surface area contributed by atoms with Crippen LogP contribution in [0, 0.1) is 80.8 Å². The average Bonchev–Trinajstić information content (AvgIpc) is 4.20. The van der Waals surface area contributed by atoms with Crippen molar-refractivity contribution in [2.75, 3.05) is 6.61 Å². The first-order chi connectivity index (χ1) is 35.7. The van der Waals surface area contributed by atoms with Crippen LogP contribution in [-0.4, -0.2) is 71.9 Å². The number of fused-ring (bicyclic) bond motifs is 4. The molecule has 438 valence electrons. The van der Waals surface area contributed by atoms with Gasteiger partial charge in [0.2, 0.25) is 0 Å². The number of Topliss-reactive ketones (excluding diaryl/α,β-unsaturated/α-hetero) is 4. The fourth-order valence-corrected chi connectivity index (χ4v) is 12.2. The fourth-order valence-electron chi connectivity index (χ4n) is 12.2. The Kier molecular flexibility index (Phi) is 27.8. The molecule has 10 rings (SSSR count). The van der Waals surface area contributed by atoms with Crippen molar-refractivity contribution < 1.29 is 57.3 Å². The molecule has 5 heterocycles. The minimum absolute atomic E-state index is 0.00259. The second-order valence-electron chi connectivity index (χ2n) is 25.2. The molecule has 0 radical (unpaired) electrons. The van der Waals surface area contributed by atoms with Crippen molar-refractivity contribution in [2.45, 2.75) is 272 Å². The second kappa shape index (κ2) is 30.8. The van der Waals surface area contributed by atoms with Gasteiger partial charge in [0.15, 0.2) is 0 Å². The van der Waals surface area contributed by atoms with Crippen LogP contribution in [0.4, 0.5) is 0 Å². The summed E-state index contributed by atoms with van der Waals surface area (Å²) in [7, 11) is 0. The third-order valence-electron chi connectivity index (χ3n) is 19.1. The van der Waals surface area contributed by atoms with E-state index in [1.165, 1.54) is 6.42 Å². The van der Waals surface area contributed by atoms with E-state index in [9.17, 15) is 38.4 Å². The van der Waals surface area contributed by atoms with Crippen molar-refractivity contribution in [3.05, 3.63) is 0 Å². The summed E-state index contributed by atoms with van der Waals surface area (Å²) in [4.78, 5) is 93.1. The maximum atomic E-state index is 12.3. The molecule has 5 aliphatic carbocycles. The molecule has 0 N–H and O–H groups in total. The summed E-state index contributed by atoms with van der Waals surface area (Å²) < 4.78 is 21.1. The SMILES string of the molecule is CC.CC.CC.CCC(=O)C(C)(C)CC.CCC(C)(C)C(=O)CC1C2CC3C(=O)OC1C3C2.CCC(C)(C)C(=O)CC1CCC2CC1OC2=O.CCC(C)(C)C(=O)CC1CCOC1=O.O=C1OC2CC3CC(C2)CC1C3. The third-order valence-corrected chi connectivity index (χ3v) is 19.1. The van der Waals surface area contributed by atoms with Crippen LogP contribution in [-0.2, 0) is 57.3 Å². The van der Waals surface area contributed by atoms with Crippen LogP contribution >= 0.6 is 0 Å². The largest absolute Gasteiger partial charge is 0.465 e. The van der Waals surface area contributed by atoms with Gasteiger partial charge in [0.1, 0.15) is 41.4 Å². The molecule has 11 unspecified atom stereocenters. The minimum atomic E-state index is -0.303. The van der Waals surface area contributed by atoms with Crippen molar-refractivity contribution in [3.8, 4) is 0 Å². The van der Waals surface area contributed by atoms with Gasteiger partial charge in [-0.25, -0.2) is 0 Å². The molecule has 10 fully saturated rings. The normalized spacial score (nSPS) is 30.7. The van der Waals surface area contributed by atoms with Crippen LogP contribution in [0.2, 0.25) is 0 Å². The molecule has 0 aromatic rings. The first-order valence-electron chi connectivity index (χ1n) is 30.6. The molecular formula is C64H110O12. The zero-order chi connectivity index (χ0) is 58.1. The molecule has 11 atom stereocenters. The van der Waals surface area contributed by atoms with E-state index in [0.717, 1.165) is 95.3 Å². The van der Waals surface area contributed by atoms with E-state index in [1.807, 2.05) is 125 Å². The van der Waals surface area contributed by atoms with Crippen LogP contribution in [0.25, 0.3) is 0 Å². The fraction of sp³-hybridized carbons (Fsp3) is 0.875. The molecule has 8 bridgehead atoms. The summed E-state index contributed by atoms with van der Waals surface area (Å²) >= 11 is 0. The number of rotatable bonds is 15. The van der Waals surface area contributed by atoms with E-state index in [2.05, 4.69) is 6.92 Å². The number of hydrogen-bond donors (Lipinski definition) is 0. The van der Waals surface area contributed by atoms with Crippen molar-refractivity contribution in [1.82, 2.24) is 0 Å². The highest BCUT2D eigenvalue weighted by Crippen LogP contribution is 2.58. The topological polar surface area (TPSA) is 173 Å². The Morgan fingerprint density at radius 3 is 1.43 bits per heavy atom. The van der Waals surface area contributed by atoms with Gasteiger partial charge < -0.3 is 18.9 Å². The molecule has 0 aromatic heterocycles. The Balaban J connectivity index is 0.000000322. The molecular weight excluding hydrogens is 961 g/mol. The Morgan fingerprint density at radius 1 is 0.474 bits per heavy atom. The lowest BCUT2D eigenvalue weighted by Gasteiger charge is -2.35. The quantitative estimate of drug-likeness (QED) is 0.112. The van der Waals surface area contributed by atoms with Crippen molar-refractivity contribution in [3.63, 3.8) is 0 Å². The van der Waals surface area contributed by atoms with E-state index in [4.69, 9.17) is 18.9 Å². The molecule has 76 heavy (non-hydrogen) atoms. The minimum Gasteiger partial charge on any atom is -0.465 e.